The van der Waals surface area contributed by atoms with E-state index >= 15 is 0 Å². The lowest BCUT2D eigenvalue weighted by molar-refractivity contribution is -0.137. The van der Waals surface area contributed by atoms with Crippen LogP contribution < -0.4 is 10.6 Å². The molecule has 0 unspecified atom stereocenters. The number of anilines is 1. The lowest BCUT2D eigenvalue weighted by Crippen LogP contribution is -2.35. The molecule has 0 aromatic carbocycles. The first-order valence-corrected chi connectivity index (χ1v) is 6.46. The van der Waals surface area contributed by atoms with Gasteiger partial charge in [-0.05, 0) is 44.9 Å². The third-order valence-electron chi connectivity index (χ3n) is 3.58. The van der Waals surface area contributed by atoms with Gasteiger partial charge in [-0.15, -0.1) is 0 Å². The molecule has 0 spiro atoms. The van der Waals surface area contributed by atoms with Gasteiger partial charge in [0.05, 0.1) is 5.56 Å². The van der Waals surface area contributed by atoms with Crippen molar-refractivity contribution < 1.29 is 13.2 Å². The molecule has 1 heterocycles. The molecule has 2 N–H and O–H groups in total. The van der Waals surface area contributed by atoms with Crippen molar-refractivity contribution in [1.82, 2.24) is 10.3 Å². The van der Waals surface area contributed by atoms with Gasteiger partial charge >= 0.3 is 6.18 Å². The molecular weight excluding hydrogens is 255 g/mol. The number of hydrogen-bond acceptors (Lipinski definition) is 3. The molecule has 1 saturated carbocycles. The second-order valence-electron chi connectivity index (χ2n) is 4.91. The number of aromatic nitrogens is 1. The summed E-state index contributed by atoms with van der Waals surface area (Å²) in [7, 11) is 1.95. The monoisotopic (exact) mass is 273 g/mol. The Hall–Kier alpha value is -1.30. The molecule has 1 aliphatic rings. The van der Waals surface area contributed by atoms with E-state index in [1.54, 1.807) is 0 Å². The Bertz CT molecular complexity index is 395. The minimum Gasteiger partial charge on any atom is -0.367 e. The normalized spacial score (nSPS) is 24.2. The number of halogens is 3. The summed E-state index contributed by atoms with van der Waals surface area (Å²) in [5.74, 6) is 0.515. The Morgan fingerprint density at radius 3 is 2.21 bits per heavy atom. The molecule has 0 amide bonds. The number of nitrogens with one attached hydrogen (secondary N) is 2. The smallest absolute Gasteiger partial charge is 0.367 e. The van der Waals surface area contributed by atoms with E-state index in [2.05, 4.69) is 15.6 Å². The van der Waals surface area contributed by atoms with E-state index in [0.29, 0.717) is 17.9 Å². The Kier molecular flexibility index (Phi) is 4.29. The predicted molar refractivity (Wildman–Crippen MR) is 68.0 cm³/mol. The highest BCUT2D eigenvalue weighted by Gasteiger charge is 2.30. The molecule has 0 radical (unpaired) electrons. The van der Waals surface area contributed by atoms with Gasteiger partial charge in [0.2, 0.25) is 0 Å². The van der Waals surface area contributed by atoms with Gasteiger partial charge < -0.3 is 10.6 Å². The van der Waals surface area contributed by atoms with Gasteiger partial charge in [-0.25, -0.2) is 4.98 Å². The summed E-state index contributed by atoms with van der Waals surface area (Å²) in [4.78, 5) is 3.83. The molecule has 0 atom stereocenters. The molecule has 1 aromatic heterocycles. The second-order valence-corrected chi connectivity index (χ2v) is 4.91. The summed E-state index contributed by atoms with van der Waals surface area (Å²) in [6.45, 7) is 0. The second kappa shape index (κ2) is 5.77. The summed E-state index contributed by atoms with van der Waals surface area (Å²) < 4.78 is 37.2. The SMILES string of the molecule is CNC1CCC(Nc2ccc(C(F)(F)F)cn2)CC1. The average Bonchev–Trinajstić information content (AvgIpc) is 2.39. The Balaban J connectivity index is 1.90. The quantitative estimate of drug-likeness (QED) is 0.888. The Morgan fingerprint density at radius 2 is 1.74 bits per heavy atom. The van der Waals surface area contributed by atoms with E-state index in [1.165, 1.54) is 6.07 Å². The summed E-state index contributed by atoms with van der Waals surface area (Å²) in [6.07, 6.45) is 0.726. The number of alkyl halides is 3. The predicted octanol–water partition coefficient (Wildman–Crippen LogP) is 3.04. The zero-order chi connectivity index (χ0) is 13.9. The number of nitrogens with zero attached hydrogens (tertiary/aromatic N) is 1. The summed E-state index contributed by atoms with van der Waals surface area (Å²) >= 11 is 0. The van der Waals surface area contributed by atoms with Crippen molar-refractivity contribution in [2.24, 2.45) is 0 Å². The molecule has 1 aromatic rings. The maximum Gasteiger partial charge on any atom is 0.417 e. The van der Waals surface area contributed by atoms with Gasteiger partial charge in [-0.2, -0.15) is 13.2 Å². The Labute approximate surface area is 110 Å². The minimum atomic E-state index is -4.32. The van der Waals surface area contributed by atoms with Crippen LogP contribution in [0.2, 0.25) is 0 Å². The van der Waals surface area contributed by atoms with E-state index in [-0.39, 0.29) is 0 Å². The fraction of sp³-hybridized carbons (Fsp3) is 0.615. The summed E-state index contributed by atoms with van der Waals surface area (Å²) in [5, 5.41) is 6.44. The van der Waals surface area contributed by atoms with Crippen molar-refractivity contribution in [3.05, 3.63) is 23.9 Å². The highest BCUT2D eigenvalue weighted by molar-refractivity contribution is 5.37. The highest BCUT2D eigenvalue weighted by Crippen LogP contribution is 2.29. The maximum absolute atomic E-state index is 12.4. The van der Waals surface area contributed by atoms with Crippen LogP contribution in [0.5, 0.6) is 0 Å². The van der Waals surface area contributed by atoms with Crippen LogP contribution in [0.1, 0.15) is 31.2 Å². The van der Waals surface area contributed by atoms with Crippen LogP contribution in [-0.2, 0) is 6.18 Å². The number of rotatable bonds is 3. The molecule has 1 fully saturated rings. The van der Waals surface area contributed by atoms with E-state index in [0.717, 1.165) is 37.9 Å². The third kappa shape index (κ3) is 3.83. The van der Waals surface area contributed by atoms with Crippen LogP contribution in [0.3, 0.4) is 0 Å². The number of pyridine rings is 1. The zero-order valence-electron chi connectivity index (χ0n) is 10.8. The van der Waals surface area contributed by atoms with Crippen molar-refractivity contribution in [3.63, 3.8) is 0 Å². The van der Waals surface area contributed by atoms with E-state index in [9.17, 15) is 13.2 Å². The van der Waals surface area contributed by atoms with Gasteiger partial charge in [0.1, 0.15) is 5.82 Å². The average molecular weight is 273 g/mol. The molecule has 19 heavy (non-hydrogen) atoms. The van der Waals surface area contributed by atoms with E-state index in [4.69, 9.17) is 0 Å². The van der Waals surface area contributed by atoms with Gasteiger partial charge in [0.25, 0.3) is 0 Å². The third-order valence-corrected chi connectivity index (χ3v) is 3.58. The fourth-order valence-corrected chi connectivity index (χ4v) is 2.38. The maximum atomic E-state index is 12.4. The van der Waals surface area contributed by atoms with Gasteiger partial charge in [0.15, 0.2) is 0 Å². The van der Waals surface area contributed by atoms with Crippen molar-refractivity contribution >= 4 is 5.82 Å². The summed E-state index contributed by atoms with van der Waals surface area (Å²) in [6, 6.07) is 3.31. The molecule has 0 saturated heterocycles. The van der Waals surface area contributed by atoms with Crippen molar-refractivity contribution in [2.45, 2.75) is 43.9 Å². The van der Waals surface area contributed by atoms with Crippen LogP contribution in [0, 0.1) is 0 Å². The molecule has 106 valence electrons. The lowest BCUT2D eigenvalue weighted by Gasteiger charge is -2.29. The largest absolute Gasteiger partial charge is 0.417 e. The van der Waals surface area contributed by atoms with Crippen molar-refractivity contribution in [1.29, 1.82) is 0 Å². The minimum absolute atomic E-state index is 0.300. The first-order valence-electron chi connectivity index (χ1n) is 6.46. The summed E-state index contributed by atoms with van der Waals surface area (Å²) in [5.41, 5.74) is -0.711. The van der Waals surface area contributed by atoms with E-state index in [1.807, 2.05) is 7.05 Å². The first-order chi connectivity index (χ1) is 8.99. The van der Waals surface area contributed by atoms with Crippen LogP contribution in [0.4, 0.5) is 19.0 Å². The molecule has 3 nitrogen and oxygen atoms in total. The van der Waals surface area contributed by atoms with Crippen molar-refractivity contribution in [2.75, 3.05) is 12.4 Å². The van der Waals surface area contributed by atoms with Gasteiger partial charge in [-0.3, -0.25) is 0 Å². The zero-order valence-corrected chi connectivity index (χ0v) is 10.8. The number of hydrogen-bond donors (Lipinski definition) is 2. The molecule has 2 rings (SSSR count). The molecule has 6 heteroatoms. The fourth-order valence-electron chi connectivity index (χ4n) is 2.38. The van der Waals surface area contributed by atoms with Crippen LogP contribution in [0.25, 0.3) is 0 Å². The lowest BCUT2D eigenvalue weighted by atomic mass is 9.91. The van der Waals surface area contributed by atoms with Gasteiger partial charge in [-0.1, -0.05) is 0 Å². The molecule has 0 bridgehead atoms. The standard InChI is InChI=1S/C13H18F3N3/c1-17-10-3-5-11(6-4-10)19-12-7-2-9(8-18-12)13(14,15)16/h2,7-8,10-11,17H,3-6H2,1H3,(H,18,19). The van der Waals surface area contributed by atoms with Crippen LogP contribution >= 0.6 is 0 Å². The molecular formula is C13H18F3N3. The van der Waals surface area contributed by atoms with Crippen molar-refractivity contribution in [3.8, 4) is 0 Å². The molecule has 1 aliphatic carbocycles. The van der Waals surface area contributed by atoms with Gasteiger partial charge in [0, 0.05) is 18.3 Å². The van der Waals surface area contributed by atoms with E-state index < -0.39 is 11.7 Å². The Morgan fingerprint density at radius 1 is 1.11 bits per heavy atom. The molecule has 0 aliphatic heterocycles. The topological polar surface area (TPSA) is 37.0 Å². The van der Waals surface area contributed by atoms with Crippen LogP contribution in [-0.4, -0.2) is 24.1 Å². The highest BCUT2D eigenvalue weighted by atomic mass is 19.4. The van der Waals surface area contributed by atoms with Crippen LogP contribution in [0.15, 0.2) is 18.3 Å². The first kappa shape index (κ1) is 14.1.